The number of methoxy groups -OCH3 is 1. The summed E-state index contributed by atoms with van der Waals surface area (Å²) in [5.74, 6) is -0.234. The SMILES string of the molecule is COC(C(=O)Nc1nc(-c2sc(C)nc2C)cs1)c1ccccc1. The lowest BCUT2D eigenvalue weighted by atomic mass is 10.1. The summed E-state index contributed by atoms with van der Waals surface area (Å²) in [5.41, 5.74) is 2.61. The molecule has 0 spiro atoms. The Morgan fingerprint density at radius 3 is 2.58 bits per heavy atom. The number of nitrogens with one attached hydrogen (secondary N) is 1. The van der Waals surface area contributed by atoms with E-state index < -0.39 is 6.10 Å². The summed E-state index contributed by atoms with van der Waals surface area (Å²) >= 11 is 3.00. The van der Waals surface area contributed by atoms with Gasteiger partial charge in [0.2, 0.25) is 0 Å². The molecule has 0 radical (unpaired) electrons. The van der Waals surface area contributed by atoms with Crippen molar-refractivity contribution in [1.82, 2.24) is 9.97 Å². The van der Waals surface area contributed by atoms with Gasteiger partial charge in [0.25, 0.3) is 5.91 Å². The highest BCUT2D eigenvalue weighted by molar-refractivity contribution is 7.16. The number of nitrogens with zero attached hydrogens (tertiary/aromatic N) is 2. The van der Waals surface area contributed by atoms with Crippen LogP contribution in [0.2, 0.25) is 0 Å². The van der Waals surface area contributed by atoms with Crippen LogP contribution in [0.15, 0.2) is 35.7 Å². The molecule has 5 nitrogen and oxygen atoms in total. The highest BCUT2D eigenvalue weighted by Gasteiger charge is 2.21. The third kappa shape index (κ3) is 3.53. The number of hydrogen-bond acceptors (Lipinski definition) is 6. The minimum absolute atomic E-state index is 0.234. The predicted octanol–water partition coefficient (Wildman–Crippen LogP) is 4.21. The molecule has 0 aliphatic carbocycles. The normalized spacial score (nSPS) is 12.1. The topological polar surface area (TPSA) is 64.1 Å². The van der Waals surface area contributed by atoms with E-state index in [-0.39, 0.29) is 5.91 Å². The quantitative estimate of drug-likeness (QED) is 0.741. The summed E-state index contributed by atoms with van der Waals surface area (Å²) < 4.78 is 5.34. The van der Waals surface area contributed by atoms with Crippen molar-refractivity contribution in [1.29, 1.82) is 0 Å². The van der Waals surface area contributed by atoms with Gasteiger partial charge in [-0.1, -0.05) is 30.3 Å². The number of hydrogen-bond donors (Lipinski definition) is 1. The highest BCUT2D eigenvalue weighted by Crippen LogP contribution is 2.32. The van der Waals surface area contributed by atoms with Gasteiger partial charge in [-0.15, -0.1) is 22.7 Å². The standard InChI is InChI=1S/C17H17N3O2S2/c1-10-15(24-11(2)18-10)13-9-23-17(19-13)20-16(21)14(22-3)12-7-5-4-6-8-12/h4-9,14H,1-3H3,(H,19,20,21). The summed E-state index contributed by atoms with van der Waals surface area (Å²) in [7, 11) is 1.52. The van der Waals surface area contributed by atoms with Crippen molar-refractivity contribution in [3.05, 3.63) is 52.0 Å². The van der Waals surface area contributed by atoms with Gasteiger partial charge in [-0.3, -0.25) is 10.1 Å². The number of aromatic nitrogens is 2. The zero-order valence-corrected chi connectivity index (χ0v) is 15.2. The van der Waals surface area contributed by atoms with Gasteiger partial charge < -0.3 is 4.74 Å². The van der Waals surface area contributed by atoms with E-state index in [1.54, 1.807) is 11.3 Å². The molecule has 0 aliphatic rings. The van der Waals surface area contributed by atoms with Gasteiger partial charge in [-0.25, -0.2) is 9.97 Å². The van der Waals surface area contributed by atoms with Gasteiger partial charge in [0.1, 0.15) is 0 Å². The number of aryl methyl sites for hydroxylation is 2. The summed E-state index contributed by atoms with van der Waals surface area (Å²) in [6.07, 6.45) is -0.661. The summed E-state index contributed by atoms with van der Waals surface area (Å²) in [4.78, 5) is 22.4. The lowest BCUT2D eigenvalue weighted by Gasteiger charge is -2.14. The Hall–Kier alpha value is -2.09. The van der Waals surface area contributed by atoms with Crippen LogP contribution >= 0.6 is 22.7 Å². The molecule has 0 bridgehead atoms. The Kier molecular flexibility index (Phi) is 5.03. The van der Waals surface area contributed by atoms with Crippen LogP contribution in [-0.2, 0) is 9.53 Å². The number of ether oxygens (including phenoxy) is 1. The first-order valence-corrected chi connectivity index (χ1v) is 9.06. The number of amides is 1. The van der Waals surface area contributed by atoms with E-state index in [4.69, 9.17) is 4.74 Å². The van der Waals surface area contributed by atoms with E-state index in [0.29, 0.717) is 5.13 Å². The second kappa shape index (κ2) is 7.21. The molecule has 7 heteroatoms. The minimum Gasteiger partial charge on any atom is -0.367 e. The molecule has 1 N–H and O–H groups in total. The molecule has 0 saturated heterocycles. The number of carbonyl (C=O) groups is 1. The number of rotatable bonds is 5. The Bertz CT molecular complexity index is 843. The molecule has 0 saturated carbocycles. The van der Waals surface area contributed by atoms with Crippen LogP contribution in [0, 0.1) is 13.8 Å². The van der Waals surface area contributed by atoms with Crippen LogP contribution in [-0.4, -0.2) is 23.0 Å². The lowest BCUT2D eigenvalue weighted by Crippen LogP contribution is -2.22. The number of thiazole rings is 2. The third-order valence-corrected chi connectivity index (χ3v) is 5.30. The van der Waals surface area contributed by atoms with Gasteiger partial charge in [0, 0.05) is 12.5 Å². The van der Waals surface area contributed by atoms with Crippen molar-refractivity contribution >= 4 is 33.7 Å². The lowest BCUT2D eigenvalue weighted by molar-refractivity contribution is -0.126. The summed E-state index contributed by atoms with van der Waals surface area (Å²) in [5, 5.41) is 6.32. The maximum absolute atomic E-state index is 12.5. The van der Waals surface area contributed by atoms with Crippen molar-refractivity contribution in [3.63, 3.8) is 0 Å². The van der Waals surface area contributed by atoms with Crippen LogP contribution in [0.1, 0.15) is 22.4 Å². The maximum atomic E-state index is 12.5. The van der Waals surface area contributed by atoms with E-state index in [1.165, 1.54) is 18.4 Å². The van der Waals surface area contributed by atoms with Crippen molar-refractivity contribution in [2.24, 2.45) is 0 Å². The molecule has 1 aromatic carbocycles. The molecule has 24 heavy (non-hydrogen) atoms. The molecule has 0 fully saturated rings. The van der Waals surface area contributed by atoms with E-state index in [9.17, 15) is 4.79 Å². The van der Waals surface area contributed by atoms with Crippen molar-refractivity contribution in [2.45, 2.75) is 20.0 Å². The smallest absolute Gasteiger partial charge is 0.259 e. The molecule has 1 amide bonds. The Labute approximate surface area is 148 Å². The van der Waals surface area contributed by atoms with Gasteiger partial charge in [0.05, 0.1) is 21.3 Å². The molecule has 1 unspecified atom stereocenters. The van der Waals surface area contributed by atoms with E-state index in [0.717, 1.165) is 26.8 Å². The molecule has 0 aliphatic heterocycles. The maximum Gasteiger partial charge on any atom is 0.259 e. The van der Waals surface area contributed by atoms with Crippen LogP contribution in [0.3, 0.4) is 0 Å². The van der Waals surface area contributed by atoms with E-state index in [1.807, 2.05) is 49.6 Å². The Morgan fingerprint density at radius 1 is 1.21 bits per heavy atom. The highest BCUT2D eigenvalue weighted by atomic mass is 32.1. The van der Waals surface area contributed by atoms with Crippen LogP contribution in [0.5, 0.6) is 0 Å². The van der Waals surface area contributed by atoms with Crippen LogP contribution in [0.25, 0.3) is 10.6 Å². The predicted molar refractivity (Wildman–Crippen MR) is 97.5 cm³/mol. The van der Waals surface area contributed by atoms with Crippen LogP contribution in [0.4, 0.5) is 5.13 Å². The van der Waals surface area contributed by atoms with Crippen molar-refractivity contribution in [2.75, 3.05) is 12.4 Å². The first-order chi connectivity index (χ1) is 11.6. The molecule has 2 aromatic heterocycles. The van der Waals surface area contributed by atoms with Crippen molar-refractivity contribution < 1.29 is 9.53 Å². The van der Waals surface area contributed by atoms with Gasteiger partial charge in [0.15, 0.2) is 11.2 Å². The molecule has 124 valence electrons. The largest absolute Gasteiger partial charge is 0.367 e. The molecular formula is C17H17N3O2S2. The number of benzene rings is 1. The van der Waals surface area contributed by atoms with Gasteiger partial charge in [-0.2, -0.15) is 0 Å². The zero-order valence-electron chi connectivity index (χ0n) is 13.6. The minimum atomic E-state index is -0.661. The van der Waals surface area contributed by atoms with E-state index >= 15 is 0 Å². The summed E-state index contributed by atoms with van der Waals surface area (Å²) in [6, 6.07) is 9.39. The Balaban J connectivity index is 1.76. The first kappa shape index (κ1) is 16.8. The molecule has 3 aromatic rings. The summed E-state index contributed by atoms with van der Waals surface area (Å²) in [6.45, 7) is 3.94. The fourth-order valence-electron chi connectivity index (χ4n) is 2.40. The monoisotopic (exact) mass is 359 g/mol. The average molecular weight is 359 g/mol. The third-order valence-electron chi connectivity index (χ3n) is 3.45. The molecule has 3 rings (SSSR count). The van der Waals surface area contributed by atoms with E-state index in [2.05, 4.69) is 15.3 Å². The molecular weight excluding hydrogens is 342 g/mol. The van der Waals surface area contributed by atoms with Gasteiger partial charge in [-0.05, 0) is 19.4 Å². The fraction of sp³-hybridized carbons (Fsp3) is 0.235. The number of carbonyl (C=O) groups excluding carboxylic acids is 1. The number of anilines is 1. The second-order valence-electron chi connectivity index (χ2n) is 5.20. The molecule has 2 heterocycles. The second-order valence-corrected chi connectivity index (χ2v) is 7.26. The fourth-order valence-corrected chi connectivity index (χ4v) is 4.06. The van der Waals surface area contributed by atoms with Crippen LogP contribution < -0.4 is 5.32 Å². The van der Waals surface area contributed by atoms with Crippen molar-refractivity contribution in [3.8, 4) is 10.6 Å². The van der Waals surface area contributed by atoms with Gasteiger partial charge >= 0.3 is 0 Å². The first-order valence-electron chi connectivity index (χ1n) is 7.37. The average Bonchev–Trinajstić information content (AvgIpc) is 3.15. The molecule has 1 atom stereocenters. The zero-order chi connectivity index (χ0) is 17.1. The Morgan fingerprint density at radius 2 is 1.96 bits per heavy atom.